The number of nitrogens with zero attached hydrogens (tertiary/aromatic N) is 2. The lowest BCUT2D eigenvalue weighted by Gasteiger charge is -2.33. The molecule has 2 aromatic rings. The van der Waals surface area contributed by atoms with Crippen LogP contribution in [-0.2, 0) is 26.2 Å². The number of amides is 2. The molecular formula is C25H33Cl2N3O4S. The number of sulfonamides is 1. The molecule has 0 saturated heterocycles. The van der Waals surface area contributed by atoms with E-state index in [1.165, 1.54) is 4.90 Å². The fraction of sp³-hybridized carbons (Fsp3) is 0.440. The molecular weight excluding hydrogens is 509 g/mol. The zero-order valence-corrected chi connectivity index (χ0v) is 23.5. The molecule has 7 nitrogen and oxygen atoms in total. The molecule has 0 bridgehead atoms. The maximum Gasteiger partial charge on any atom is 0.244 e. The zero-order chi connectivity index (χ0) is 26.7. The third-order valence-corrected chi connectivity index (χ3v) is 7.06. The molecule has 1 atom stereocenters. The molecule has 0 aliphatic carbocycles. The first-order chi connectivity index (χ1) is 16.0. The van der Waals surface area contributed by atoms with Gasteiger partial charge in [-0.1, -0.05) is 35.3 Å². The van der Waals surface area contributed by atoms with Gasteiger partial charge in [0.05, 0.1) is 22.0 Å². The van der Waals surface area contributed by atoms with Gasteiger partial charge in [-0.15, -0.1) is 0 Å². The minimum atomic E-state index is -3.79. The van der Waals surface area contributed by atoms with Crippen LogP contribution in [0.2, 0.25) is 10.0 Å². The smallest absolute Gasteiger partial charge is 0.244 e. The van der Waals surface area contributed by atoms with E-state index < -0.39 is 34.1 Å². The molecule has 2 aromatic carbocycles. The Labute approximate surface area is 218 Å². The van der Waals surface area contributed by atoms with Crippen molar-refractivity contribution in [1.29, 1.82) is 0 Å². The van der Waals surface area contributed by atoms with Crippen molar-refractivity contribution in [3.8, 4) is 0 Å². The average Bonchev–Trinajstić information content (AvgIpc) is 2.69. The highest BCUT2D eigenvalue weighted by Gasteiger charge is 2.31. The predicted molar refractivity (Wildman–Crippen MR) is 142 cm³/mol. The van der Waals surface area contributed by atoms with Crippen LogP contribution in [0.1, 0.15) is 44.4 Å². The van der Waals surface area contributed by atoms with E-state index in [1.807, 2.05) is 40.7 Å². The summed E-state index contributed by atoms with van der Waals surface area (Å²) >= 11 is 12.2. The fourth-order valence-corrected chi connectivity index (χ4v) is 4.75. The lowest BCUT2D eigenvalue weighted by Crippen LogP contribution is -2.54. The van der Waals surface area contributed by atoms with E-state index in [9.17, 15) is 18.0 Å². The van der Waals surface area contributed by atoms with Gasteiger partial charge in [0, 0.05) is 12.1 Å². The fourth-order valence-electron chi connectivity index (χ4n) is 3.60. The van der Waals surface area contributed by atoms with Gasteiger partial charge in [-0.05, 0) is 82.5 Å². The summed E-state index contributed by atoms with van der Waals surface area (Å²) in [4.78, 5) is 27.9. The Morgan fingerprint density at radius 1 is 1.00 bits per heavy atom. The third kappa shape index (κ3) is 8.40. The first kappa shape index (κ1) is 28.9. The standard InChI is InChI=1S/C25H33Cl2N3O4S/c1-16-10-17(2)12-20(11-16)30(35(7,33)34)15-23(31)29(18(3)24(32)28-25(4,5)6)14-19-8-9-21(26)22(27)13-19/h8-13,18H,14-15H2,1-7H3,(H,28,32)/t18-/m0/s1. The van der Waals surface area contributed by atoms with Crippen LogP contribution < -0.4 is 9.62 Å². The predicted octanol–water partition coefficient (Wildman–Crippen LogP) is 4.71. The van der Waals surface area contributed by atoms with Gasteiger partial charge < -0.3 is 10.2 Å². The van der Waals surface area contributed by atoms with E-state index in [0.29, 0.717) is 21.3 Å². The Morgan fingerprint density at radius 3 is 2.06 bits per heavy atom. The molecule has 2 rings (SSSR count). The van der Waals surface area contributed by atoms with Crippen molar-refractivity contribution in [3.63, 3.8) is 0 Å². The van der Waals surface area contributed by atoms with E-state index in [2.05, 4.69) is 5.32 Å². The highest BCUT2D eigenvalue weighted by atomic mass is 35.5. The van der Waals surface area contributed by atoms with Gasteiger partial charge in [-0.2, -0.15) is 0 Å². The molecule has 0 unspecified atom stereocenters. The van der Waals surface area contributed by atoms with Crippen LogP contribution in [0.5, 0.6) is 0 Å². The Kier molecular flexibility index (Phi) is 9.25. The number of aryl methyl sites for hydroxylation is 2. The minimum Gasteiger partial charge on any atom is -0.350 e. The van der Waals surface area contributed by atoms with E-state index in [4.69, 9.17) is 23.2 Å². The first-order valence-electron chi connectivity index (χ1n) is 11.1. The summed E-state index contributed by atoms with van der Waals surface area (Å²) in [6, 6.07) is 9.40. The summed E-state index contributed by atoms with van der Waals surface area (Å²) < 4.78 is 26.4. The normalized spacial score (nSPS) is 12.7. The minimum absolute atomic E-state index is 0.0406. The van der Waals surface area contributed by atoms with Crippen molar-refractivity contribution >= 4 is 50.7 Å². The van der Waals surface area contributed by atoms with Crippen LogP contribution in [0.3, 0.4) is 0 Å². The van der Waals surface area contributed by atoms with E-state index in [1.54, 1.807) is 37.3 Å². The van der Waals surface area contributed by atoms with E-state index in [0.717, 1.165) is 21.7 Å². The summed E-state index contributed by atoms with van der Waals surface area (Å²) in [6.07, 6.45) is 1.05. The Balaban J connectivity index is 2.46. The second-order valence-electron chi connectivity index (χ2n) is 9.80. The lowest BCUT2D eigenvalue weighted by molar-refractivity contribution is -0.140. The SMILES string of the molecule is Cc1cc(C)cc(N(CC(=O)N(Cc2ccc(Cl)c(Cl)c2)[C@@H](C)C(=O)NC(C)(C)C)S(C)(=O)=O)c1. The molecule has 0 aliphatic rings. The maximum atomic E-state index is 13.6. The zero-order valence-electron chi connectivity index (χ0n) is 21.1. The van der Waals surface area contributed by atoms with Crippen LogP contribution in [0.25, 0.3) is 0 Å². The monoisotopic (exact) mass is 541 g/mol. The molecule has 35 heavy (non-hydrogen) atoms. The van der Waals surface area contributed by atoms with Gasteiger partial charge in [0.15, 0.2) is 0 Å². The van der Waals surface area contributed by atoms with Crippen molar-refractivity contribution in [2.75, 3.05) is 17.1 Å². The number of carbonyl (C=O) groups is 2. The maximum absolute atomic E-state index is 13.6. The van der Waals surface area contributed by atoms with Crippen molar-refractivity contribution in [2.45, 2.75) is 59.7 Å². The summed E-state index contributed by atoms with van der Waals surface area (Å²) in [5, 5.41) is 3.56. The van der Waals surface area contributed by atoms with Gasteiger partial charge in [0.2, 0.25) is 21.8 Å². The van der Waals surface area contributed by atoms with Gasteiger partial charge >= 0.3 is 0 Å². The summed E-state index contributed by atoms with van der Waals surface area (Å²) in [7, 11) is -3.79. The molecule has 0 heterocycles. The number of benzene rings is 2. The second kappa shape index (κ2) is 11.2. The van der Waals surface area contributed by atoms with Crippen molar-refractivity contribution in [3.05, 3.63) is 63.1 Å². The van der Waals surface area contributed by atoms with E-state index >= 15 is 0 Å². The highest BCUT2D eigenvalue weighted by molar-refractivity contribution is 7.92. The molecule has 0 aromatic heterocycles. The first-order valence-corrected chi connectivity index (χ1v) is 13.7. The van der Waals surface area contributed by atoms with Gasteiger partial charge in [0.25, 0.3) is 0 Å². The number of carbonyl (C=O) groups excluding carboxylic acids is 2. The molecule has 192 valence electrons. The van der Waals surface area contributed by atoms with Crippen molar-refractivity contribution in [1.82, 2.24) is 10.2 Å². The lowest BCUT2D eigenvalue weighted by atomic mass is 10.1. The molecule has 10 heteroatoms. The molecule has 0 saturated carbocycles. The number of hydrogen-bond donors (Lipinski definition) is 1. The quantitative estimate of drug-likeness (QED) is 0.524. The molecule has 0 spiro atoms. The largest absolute Gasteiger partial charge is 0.350 e. The topological polar surface area (TPSA) is 86.8 Å². The van der Waals surface area contributed by atoms with Gasteiger partial charge in [-0.25, -0.2) is 8.42 Å². The summed E-state index contributed by atoms with van der Waals surface area (Å²) in [5.41, 5.74) is 2.26. The molecule has 0 aliphatic heterocycles. The molecule has 0 radical (unpaired) electrons. The number of anilines is 1. The van der Waals surface area contributed by atoms with Crippen LogP contribution in [0.15, 0.2) is 36.4 Å². The van der Waals surface area contributed by atoms with Crippen LogP contribution in [0.4, 0.5) is 5.69 Å². The van der Waals surface area contributed by atoms with Crippen LogP contribution in [-0.4, -0.2) is 49.5 Å². The number of nitrogens with one attached hydrogen (secondary N) is 1. The highest BCUT2D eigenvalue weighted by Crippen LogP contribution is 2.25. The third-order valence-electron chi connectivity index (χ3n) is 5.18. The van der Waals surface area contributed by atoms with Crippen LogP contribution in [0, 0.1) is 13.8 Å². The van der Waals surface area contributed by atoms with Crippen LogP contribution >= 0.6 is 23.2 Å². The Hall–Kier alpha value is -2.29. The summed E-state index contributed by atoms with van der Waals surface area (Å²) in [5.74, 6) is -0.888. The number of hydrogen-bond acceptors (Lipinski definition) is 4. The Bertz CT molecular complexity index is 1190. The Morgan fingerprint density at radius 2 is 1.57 bits per heavy atom. The number of rotatable bonds is 8. The van der Waals surface area contributed by atoms with Crippen molar-refractivity contribution < 1.29 is 18.0 Å². The second-order valence-corrected chi connectivity index (χ2v) is 12.5. The average molecular weight is 543 g/mol. The molecule has 2 amide bonds. The van der Waals surface area contributed by atoms with Gasteiger partial charge in [-0.3, -0.25) is 13.9 Å². The van der Waals surface area contributed by atoms with Gasteiger partial charge in [0.1, 0.15) is 12.6 Å². The summed E-state index contributed by atoms with van der Waals surface area (Å²) in [6.45, 7) is 10.4. The number of halogens is 2. The van der Waals surface area contributed by atoms with E-state index in [-0.39, 0.29) is 12.5 Å². The van der Waals surface area contributed by atoms with Crippen molar-refractivity contribution in [2.24, 2.45) is 0 Å². The molecule has 0 fully saturated rings. The molecule has 1 N–H and O–H groups in total.